The van der Waals surface area contributed by atoms with E-state index in [0.29, 0.717) is 17.4 Å². The molecule has 0 unspecified atom stereocenters. The van der Waals surface area contributed by atoms with Gasteiger partial charge in [-0.3, -0.25) is 4.79 Å². The van der Waals surface area contributed by atoms with Gasteiger partial charge in [-0.25, -0.2) is 5.43 Å². The Bertz CT molecular complexity index is 886. The molecule has 0 saturated heterocycles. The summed E-state index contributed by atoms with van der Waals surface area (Å²) in [6.07, 6.45) is 3.70. The summed E-state index contributed by atoms with van der Waals surface area (Å²) in [5.74, 6) is 2.27. The summed E-state index contributed by atoms with van der Waals surface area (Å²) in [7, 11) is 0. The fourth-order valence-corrected chi connectivity index (χ4v) is 2.55. The average Bonchev–Trinajstić information content (AvgIpc) is 3.17. The average molecular weight is 380 g/mol. The monoisotopic (exact) mass is 380 g/mol. The second-order valence-corrected chi connectivity index (χ2v) is 6.75. The highest BCUT2D eigenvalue weighted by Crippen LogP contribution is 2.32. The topological polar surface area (TPSA) is 69.2 Å². The Hall–Kier alpha value is -3.28. The van der Waals surface area contributed by atoms with Crippen LogP contribution in [0.4, 0.5) is 0 Å². The Balaban J connectivity index is 1.46. The fourth-order valence-electron chi connectivity index (χ4n) is 2.55. The maximum absolute atomic E-state index is 11.9. The summed E-state index contributed by atoms with van der Waals surface area (Å²) in [4.78, 5) is 11.9. The van der Waals surface area contributed by atoms with Crippen molar-refractivity contribution in [1.29, 1.82) is 0 Å². The van der Waals surface area contributed by atoms with Gasteiger partial charge in [-0.1, -0.05) is 38.1 Å². The minimum Gasteiger partial charge on any atom is -0.484 e. The fraction of sp³-hybridized carbons (Fsp3) is 0.273. The Morgan fingerprint density at radius 1 is 1.18 bits per heavy atom. The standard InChI is InChI=1S/C22H24N2O4/c1-15(2)18-7-9-19(10-8-18)26-13-22(25)24-23-16(3)4-5-17-6-11-20-21(12-17)28-14-27-20/h4-12,15H,13-14H2,1-3H3,(H,24,25). The van der Waals surface area contributed by atoms with Gasteiger partial charge in [0.25, 0.3) is 5.91 Å². The highest BCUT2D eigenvalue weighted by atomic mass is 16.7. The van der Waals surface area contributed by atoms with Crippen molar-refractivity contribution in [3.8, 4) is 17.2 Å². The van der Waals surface area contributed by atoms with Crippen LogP contribution >= 0.6 is 0 Å². The van der Waals surface area contributed by atoms with Gasteiger partial charge < -0.3 is 14.2 Å². The van der Waals surface area contributed by atoms with E-state index in [4.69, 9.17) is 14.2 Å². The number of hydrogen-bond donors (Lipinski definition) is 1. The van der Waals surface area contributed by atoms with Gasteiger partial charge in [-0.05, 0) is 54.3 Å². The number of carbonyl (C=O) groups excluding carboxylic acids is 1. The van der Waals surface area contributed by atoms with Crippen LogP contribution in [0, 0.1) is 0 Å². The molecule has 0 fully saturated rings. The number of benzene rings is 2. The lowest BCUT2D eigenvalue weighted by atomic mass is 10.0. The van der Waals surface area contributed by atoms with Crippen molar-refractivity contribution in [1.82, 2.24) is 5.43 Å². The Morgan fingerprint density at radius 3 is 2.68 bits per heavy atom. The number of nitrogens with zero attached hydrogens (tertiary/aromatic N) is 1. The molecule has 0 atom stereocenters. The number of rotatable bonds is 7. The summed E-state index contributed by atoms with van der Waals surface area (Å²) >= 11 is 0. The molecule has 1 heterocycles. The molecule has 1 N–H and O–H groups in total. The predicted molar refractivity (Wildman–Crippen MR) is 109 cm³/mol. The van der Waals surface area contributed by atoms with Crippen molar-refractivity contribution in [2.45, 2.75) is 26.7 Å². The normalized spacial score (nSPS) is 13.2. The van der Waals surface area contributed by atoms with E-state index in [9.17, 15) is 4.79 Å². The zero-order chi connectivity index (χ0) is 19.9. The number of carbonyl (C=O) groups is 1. The molecule has 3 rings (SSSR count). The predicted octanol–water partition coefficient (Wildman–Crippen LogP) is 4.12. The molecule has 0 aliphatic carbocycles. The van der Waals surface area contributed by atoms with Crippen molar-refractivity contribution < 1.29 is 19.0 Å². The Morgan fingerprint density at radius 2 is 1.93 bits per heavy atom. The van der Waals surface area contributed by atoms with Crippen LogP contribution in [0.2, 0.25) is 0 Å². The SMILES string of the molecule is CC(C=Cc1ccc2c(c1)OCO2)=NNC(=O)COc1ccc(C(C)C)cc1. The largest absolute Gasteiger partial charge is 0.484 e. The van der Waals surface area contributed by atoms with E-state index in [1.807, 2.05) is 54.6 Å². The van der Waals surface area contributed by atoms with Gasteiger partial charge >= 0.3 is 0 Å². The molecule has 6 heteroatoms. The van der Waals surface area contributed by atoms with E-state index in [-0.39, 0.29) is 19.3 Å². The molecular weight excluding hydrogens is 356 g/mol. The van der Waals surface area contributed by atoms with E-state index in [0.717, 1.165) is 17.1 Å². The summed E-state index contributed by atoms with van der Waals surface area (Å²) in [5.41, 5.74) is 5.33. The molecule has 2 aromatic carbocycles. The molecule has 6 nitrogen and oxygen atoms in total. The molecule has 28 heavy (non-hydrogen) atoms. The number of hydrazone groups is 1. The second kappa shape index (κ2) is 9.08. The Kier molecular flexibility index (Phi) is 6.32. The van der Waals surface area contributed by atoms with E-state index < -0.39 is 0 Å². The Labute approximate surface area is 164 Å². The first kappa shape index (κ1) is 19.5. The van der Waals surface area contributed by atoms with E-state index in [2.05, 4.69) is 24.4 Å². The second-order valence-electron chi connectivity index (χ2n) is 6.75. The molecule has 2 aromatic rings. The minimum atomic E-state index is -0.316. The van der Waals surface area contributed by atoms with Crippen LogP contribution in [0.3, 0.4) is 0 Å². The van der Waals surface area contributed by atoms with E-state index in [1.165, 1.54) is 5.56 Å². The summed E-state index contributed by atoms with van der Waals surface area (Å²) in [5, 5.41) is 4.06. The molecule has 0 saturated carbocycles. The van der Waals surface area contributed by atoms with Crippen molar-refractivity contribution in [3.05, 3.63) is 59.7 Å². The summed E-state index contributed by atoms with van der Waals surface area (Å²) in [6, 6.07) is 13.4. The first-order chi connectivity index (χ1) is 13.5. The van der Waals surface area contributed by atoms with Crippen LogP contribution in [0.15, 0.2) is 53.6 Å². The third kappa shape index (κ3) is 5.36. The van der Waals surface area contributed by atoms with Crippen LogP contribution in [-0.4, -0.2) is 25.0 Å². The van der Waals surface area contributed by atoms with E-state index in [1.54, 1.807) is 6.92 Å². The van der Waals surface area contributed by atoms with Crippen molar-refractivity contribution in [2.75, 3.05) is 13.4 Å². The number of nitrogens with one attached hydrogen (secondary N) is 1. The number of hydrogen-bond acceptors (Lipinski definition) is 5. The third-order valence-corrected chi connectivity index (χ3v) is 4.19. The quantitative estimate of drug-likeness (QED) is 0.579. The number of fused-ring (bicyclic) bond motifs is 1. The van der Waals surface area contributed by atoms with Gasteiger partial charge in [0.15, 0.2) is 18.1 Å². The number of ether oxygens (including phenoxy) is 3. The van der Waals surface area contributed by atoms with Crippen molar-refractivity contribution in [2.24, 2.45) is 5.10 Å². The van der Waals surface area contributed by atoms with Gasteiger partial charge in [0.1, 0.15) is 5.75 Å². The molecule has 1 aliphatic rings. The maximum atomic E-state index is 11.9. The van der Waals surface area contributed by atoms with Gasteiger partial charge in [0, 0.05) is 0 Å². The van der Waals surface area contributed by atoms with Gasteiger partial charge in [0.2, 0.25) is 6.79 Å². The molecule has 146 valence electrons. The molecule has 1 amide bonds. The summed E-state index contributed by atoms with van der Waals surface area (Å²) < 4.78 is 16.1. The number of allylic oxidation sites excluding steroid dienone is 1. The number of amides is 1. The summed E-state index contributed by atoms with van der Waals surface area (Å²) in [6.45, 7) is 6.22. The van der Waals surface area contributed by atoms with Crippen LogP contribution in [0.5, 0.6) is 17.2 Å². The zero-order valence-corrected chi connectivity index (χ0v) is 16.3. The van der Waals surface area contributed by atoms with Crippen LogP contribution < -0.4 is 19.6 Å². The molecule has 1 aliphatic heterocycles. The smallest absolute Gasteiger partial charge is 0.277 e. The van der Waals surface area contributed by atoms with Crippen molar-refractivity contribution in [3.63, 3.8) is 0 Å². The molecular formula is C22H24N2O4. The van der Waals surface area contributed by atoms with Gasteiger partial charge in [-0.2, -0.15) is 5.10 Å². The lowest BCUT2D eigenvalue weighted by molar-refractivity contribution is -0.123. The maximum Gasteiger partial charge on any atom is 0.277 e. The van der Waals surface area contributed by atoms with Crippen molar-refractivity contribution >= 4 is 17.7 Å². The minimum absolute atomic E-state index is 0.0936. The van der Waals surface area contributed by atoms with Crippen LogP contribution in [0.25, 0.3) is 6.08 Å². The molecule has 0 radical (unpaired) electrons. The highest BCUT2D eigenvalue weighted by Gasteiger charge is 2.12. The first-order valence-electron chi connectivity index (χ1n) is 9.15. The first-order valence-corrected chi connectivity index (χ1v) is 9.15. The molecule has 0 aromatic heterocycles. The van der Waals surface area contributed by atoms with Gasteiger partial charge in [-0.15, -0.1) is 0 Å². The van der Waals surface area contributed by atoms with Crippen LogP contribution in [0.1, 0.15) is 37.8 Å². The van der Waals surface area contributed by atoms with Crippen LogP contribution in [-0.2, 0) is 4.79 Å². The van der Waals surface area contributed by atoms with E-state index >= 15 is 0 Å². The molecule has 0 spiro atoms. The third-order valence-electron chi connectivity index (χ3n) is 4.19. The zero-order valence-electron chi connectivity index (χ0n) is 16.3. The van der Waals surface area contributed by atoms with Gasteiger partial charge in [0.05, 0.1) is 5.71 Å². The molecule has 0 bridgehead atoms. The lowest BCUT2D eigenvalue weighted by Gasteiger charge is -2.08. The highest BCUT2D eigenvalue weighted by molar-refractivity contribution is 5.97. The lowest BCUT2D eigenvalue weighted by Crippen LogP contribution is -2.25.